The van der Waals surface area contributed by atoms with E-state index in [1.165, 1.54) is 23.8 Å². The first-order valence-electron chi connectivity index (χ1n) is 11.8. The second kappa shape index (κ2) is 10.2. The zero-order chi connectivity index (χ0) is 23.4. The molecule has 33 heavy (non-hydrogen) atoms. The van der Waals surface area contributed by atoms with Crippen LogP contribution < -0.4 is 16.6 Å². The first-order valence-corrected chi connectivity index (χ1v) is 11.8. The summed E-state index contributed by atoms with van der Waals surface area (Å²) < 4.78 is 1.22. The Morgan fingerprint density at radius 1 is 1.03 bits per heavy atom. The summed E-state index contributed by atoms with van der Waals surface area (Å²) in [6.45, 7) is 6.14. The lowest BCUT2D eigenvalue weighted by Crippen LogP contribution is -2.47. The molecule has 2 heterocycles. The third-order valence-corrected chi connectivity index (χ3v) is 6.74. The highest BCUT2D eigenvalue weighted by Gasteiger charge is 2.24. The van der Waals surface area contributed by atoms with E-state index in [4.69, 9.17) is 0 Å². The number of amides is 1. The standard InChI is InChI=1S/C26H32N4O3/c1-18-7-6-8-19(2)29(18)16-14-27-24(31)21-11-12-22-23(17-21)28-26(33)30(25(22)32)15-13-20-9-4-3-5-10-20/h3-5,9-12,17-19H,6-8,13-16H2,1-2H3,(H,27,31)(H,28,33)/t18-,19-/m0/s1. The average molecular weight is 449 g/mol. The van der Waals surface area contributed by atoms with Gasteiger partial charge in [0, 0.05) is 37.3 Å². The number of aryl methyl sites for hydroxylation is 1. The van der Waals surface area contributed by atoms with Crippen molar-refractivity contribution in [3.05, 3.63) is 80.5 Å². The number of aromatic amines is 1. The number of carbonyl (C=O) groups is 1. The second-order valence-electron chi connectivity index (χ2n) is 9.01. The van der Waals surface area contributed by atoms with E-state index in [9.17, 15) is 14.4 Å². The van der Waals surface area contributed by atoms with Crippen LogP contribution in [-0.2, 0) is 13.0 Å². The highest BCUT2D eigenvalue weighted by molar-refractivity contribution is 5.97. The van der Waals surface area contributed by atoms with Crippen LogP contribution in [0.3, 0.4) is 0 Å². The number of nitrogens with one attached hydrogen (secondary N) is 2. The van der Waals surface area contributed by atoms with Crippen LogP contribution in [0.5, 0.6) is 0 Å². The number of piperidine rings is 1. The Morgan fingerprint density at radius 2 is 1.76 bits per heavy atom. The molecule has 0 saturated carbocycles. The SMILES string of the molecule is C[C@H]1CCC[C@H](C)N1CCNC(=O)c1ccc2c(=O)n(CCc3ccccc3)c(=O)[nH]c2c1. The second-order valence-corrected chi connectivity index (χ2v) is 9.01. The molecule has 174 valence electrons. The zero-order valence-corrected chi connectivity index (χ0v) is 19.3. The molecular formula is C26H32N4O3. The number of fused-ring (bicyclic) bond motifs is 1. The lowest BCUT2D eigenvalue weighted by Gasteiger charge is -2.39. The Balaban J connectivity index is 1.44. The third kappa shape index (κ3) is 5.25. The van der Waals surface area contributed by atoms with Gasteiger partial charge in [-0.25, -0.2) is 4.79 Å². The van der Waals surface area contributed by atoms with Crippen LogP contribution >= 0.6 is 0 Å². The molecule has 2 N–H and O–H groups in total. The summed E-state index contributed by atoms with van der Waals surface area (Å²) in [7, 11) is 0. The molecule has 0 unspecified atom stereocenters. The lowest BCUT2D eigenvalue weighted by molar-refractivity contribution is 0.0889. The van der Waals surface area contributed by atoms with Gasteiger partial charge in [0.15, 0.2) is 0 Å². The van der Waals surface area contributed by atoms with Gasteiger partial charge in [0.05, 0.1) is 10.9 Å². The fraction of sp³-hybridized carbons (Fsp3) is 0.423. The summed E-state index contributed by atoms with van der Waals surface area (Å²) in [4.78, 5) is 43.4. The van der Waals surface area contributed by atoms with Gasteiger partial charge in [0.2, 0.25) is 0 Å². The van der Waals surface area contributed by atoms with Crippen molar-refractivity contribution in [1.29, 1.82) is 0 Å². The molecule has 1 amide bonds. The minimum absolute atomic E-state index is 0.205. The van der Waals surface area contributed by atoms with Gasteiger partial charge in [-0.1, -0.05) is 36.8 Å². The summed E-state index contributed by atoms with van der Waals surface area (Å²) in [6, 6.07) is 15.6. The fourth-order valence-corrected chi connectivity index (χ4v) is 4.80. The number of hydrogen-bond acceptors (Lipinski definition) is 4. The minimum atomic E-state index is -0.464. The van der Waals surface area contributed by atoms with E-state index in [1.807, 2.05) is 30.3 Å². The largest absolute Gasteiger partial charge is 0.351 e. The summed E-state index contributed by atoms with van der Waals surface area (Å²) >= 11 is 0. The molecule has 2 atom stereocenters. The van der Waals surface area contributed by atoms with Crippen LogP contribution in [0.2, 0.25) is 0 Å². The molecule has 0 bridgehead atoms. The molecule has 7 nitrogen and oxygen atoms in total. The summed E-state index contributed by atoms with van der Waals surface area (Å²) in [6.07, 6.45) is 4.23. The molecule has 1 saturated heterocycles. The monoisotopic (exact) mass is 448 g/mol. The van der Waals surface area contributed by atoms with E-state index in [2.05, 4.69) is 29.0 Å². The van der Waals surface area contributed by atoms with Gasteiger partial charge in [-0.2, -0.15) is 0 Å². The average Bonchev–Trinajstić information content (AvgIpc) is 2.81. The zero-order valence-electron chi connectivity index (χ0n) is 19.3. The van der Waals surface area contributed by atoms with Crippen LogP contribution in [0.25, 0.3) is 10.9 Å². The molecule has 3 aromatic rings. The van der Waals surface area contributed by atoms with Crippen LogP contribution in [0, 0.1) is 0 Å². The van der Waals surface area contributed by atoms with E-state index in [0.717, 1.165) is 12.1 Å². The topological polar surface area (TPSA) is 87.2 Å². The van der Waals surface area contributed by atoms with Gasteiger partial charge in [0.1, 0.15) is 0 Å². The molecule has 0 aliphatic carbocycles. The Bertz CT molecular complexity index is 1220. The normalized spacial score (nSPS) is 19.0. The van der Waals surface area contributed by atoms with Crippen molar-refractivity contribution in [3.8, 4) is 0 Å². The maximum atomic E-state index is 12.9. The van der Waals surface area contributed by atoms with Crippen molar-refractivity contribution in [3.63, 3.8) is 0 Å². The van der Waals surface area contributed by atoms with Gasteiger partial charge in [-0.05, 0) is 56.9 Å². The van der Waals surface area contributed by atoms with Gasteiger partial charge < -0.3 is 10.3 Å². The number of benzene rings is 2. The van der Waals surface area contributed by atoms with E-state index in [1.54, 1.807) is 18.2 Å². The molecule has 4 rings (SSSR count). The van der Waals surface area contributed by atoms with Gasteiger partial charge in [-0.15, -0.1) is 0 Å². The molecule has 2 aromatic carbocycles. The summed E-state index contributed by atoms with van der Waals surface area (Å²) in [5.41, 5.74) is 1.06. The van der Waals surface area contributed by atoms with Gasteiger partial charge in [0.25, 0.3) is 11.5 Å². The highest BCUT2D eigenvalue weighted by Crippen LogP contribution is 2.21. The van der Waals surface area contributed by atoms with Crippen molar-refractivity contribution in [2.75, 3.05) is 13.1 Å². The van der Waals surface area contributed by atoms with E-state index < -0.39 is 5.69 Å². The number of rotatable bonds is 7. The molecule has 1 aliphatic rings. The first kappa shape index (κ1) is 23.0. The predicted octanol–water partition coefficient (Wildman–Crippen LogP) is 2.93. The van der Waals surface area contributed by atoms with Crippen molar-refractivity contribution in [1.82, 2.24) is 19.8 Å². The Kier molecular flexibility index (Phi) is 7.08. The van der Waals surface area contributed by atoms with Gasteiger partial charge >= 0.3 is 5.69 Å². The van der Waals surface area contributed by atoms with Crippen molar-refractivity contribution in [2.24, 2.45) is 0 Å². The van der Waals surface area contributed by atoms with E-state index in [0.29, 0.717) is 48.1 Å². The molecule has 1 aromatic heterocycles. The van der Waals surface area contributed by atoms with Crippen LogP contribution in [0.1, 0.15) is 49.0 Å². The summed E-state index contributed by atoms with van der Waals surface area (Å²) in [5, 5.41) is 3.37. The number of H-pyrrole nitrogens is 1. The third-order valence-electron chi connectivity index (χ3n) is 6.74. The first-order chi connectivity index (χ1) is 15.9. The number of carbonyl (C=O) groups excluding carboxylic acids is 1. The van der Waals surface area contributed by atoms with Crippen LogP contribution in [-0.4, -0.2) is 45.5 Å². The highest BCUT2D eigenvalue weighted by atomic mass is 16.2. The maximum absolute atomic E-state index is 12.9. The number of likely N-dealkylation sites (tertiary alicyclic amines) is 1. The molecule has 1 fully saturated rings. The van der Waals surface area contributed by atoms with Crippen molar-refractivity contribution >= 4 is 16.8 Å². The molecule has 0 radical (unpaired) electrons. The minimum Gasteiger partial charge on any atom is -0.351 e. The Labute approximate surface area is 193 Å². The predicted molar refractivity (Wildman–Crippen MR) is 131 cm³/mol. The lowest BCUT2D eigenvalue weighted by atomic mass is 9.98. The van der Waals surface area contributed by atoms with Crippen LogP contribution in [0.15, 0.2) is 58.1 Å². The smallest absolute Gasteiger partial charge is 0.328 e. The Morgan fingerprint density at radius 3 is 2.48 bits per heavy atom. The Hall–Kier alpha value is -3.19. The molecule has 7 heteroatoms. The fourth-order valence-electron chi connectivity index (χ4n) is 4.80. The van der Waals surface area contributed by atoms with Crippen molar-refractivity contribution < 1.29 is 4.79 Å². The van der Waals surface area contributed by atoms with Gasteiger partial charge in [-0.3, -0.25) is 19.1 Å². The quantitative estimate of drug-likeness (QED) is 0.582. The molecule has 0 spiro atoms. The molecule has 1 aliphatic heterocycles. The molecular weight excluding hydrogens is 416 g/mol. The van der Waals surface area contributed by atoms with Crippen LogP contribution in [0.4, 0.5) is 0 Å². The number of aromatic nitrogens is 2. The van der Waals surface area contributed by atoms with E-state index >= 15 is 0 Å². The van der Waals surface area contributed by atoms with Crippen molar-refractivity contribution in [2.45, 2.75) is 58.2 Å². The maximum Gasteiger partial charge on any atom is 0.328 e. The number of nitrogens with zero attached hydrogens (tertiary/aromatic N) is 2. The number of hydrogen-bond donors (Lipinski definition) is 2. The van der Waals surface area contributed by atoms with E-state index in [-0.39, 0.29) is 11.5 Å². The summed E-state index contributed by atoms with van der Waals surface area (Å²) in [5.74, 6) is -0.205.